The van der Waals surface area contributed by atoms with Gasteiger partial charge in [0.05, 0.1) is 6.26 Å². The summed E-state index contributed by atoms with van der Waals surface area (Å²) in [5.41, 5.74) is 1.88. The minimum atomic E-state index is -0.202. The summed E-state index contributed by atoms with van der Waals surface area (Å²) in [6.45, 7) is 2.03. The van der Waals surface area contributed by atoms with Crippen molar-refractivity contribution in [1.29, 1.82) is 0 Å². The van der Waals surface area contributed by atoms with Crippen molar-refractivity contribution >= 4 is 29.4 Å². The normalized spacial score (nSPS) is 11.1. The third kappa shape index (κ3) is 5.09. The molecule has 1 aromatic carbocycles. The van der Waals surface area contributed by atoms with Crippen LogP contribution < -0.4 is 5.32 Å². The van der Waals surface area contributed by atoms with Gasteiger partial charge in [0.2, 0.25) is 11.1 Å². The Morgan fingerprint density at radius 3 is 2.84 bits per heavy atom. The SMILES string of the molecule is CCc1nc(SCc2ccc(NC(=O)/C=C/c3ccco3)cc2)n[nH]1. The van der Waals surface area contributed by atoms with Gasteiger partial charge in [0.15, 0.2) is 0 Å². The summed E-state index contributed by atoms with van der Waals surface area (Å²) >= 11 is 1.57. The number of H-pyrrole nitrogens is 1. The molecule has 6 nitrogen and oxygen atoms in total. The number of aromatic nitrogens is 3. The van der Waals surface area contributed by atoms with Gasteiger partial charge in [-0.05, 0) is 35.9 Å². The molecule has 7 heteroatoms. The Labute approximate surface area is 149 Å². The van der Waals surface area contributed by atoms with Crippen LogP contribution in [0.3, 0.4) is 0 Å². The van der Waals surface area contributed by atoms with Gasteiger partial charge in [-0.1, -0.05) is 30.8 Å². The monoisotopic (exact) mass is 354 g/mol. The van der Waals surface area contributed by atoms with Crippen LogP contribution in [0.15, 0.2) is 58.3 Å². The second kappa shape index (κ2) is 8.34. The number of hydrogen-bond donors (Lipinski definition) is 2. The van der Waals surface area contributed by atoms with Gasteiger partial charge in [0, 0.05) is 23.9 Å². The maximum absolute atomic E-state index is 11.9. The number of rotatable bonds is 7. The van der Waals surface area contributed by atoms with Crippen molar-refractivity contribution in [1.82, 2.24) is 15.2 Å². The van der Waals surface area contributed by atoms with E-state index in [9.17, 15) is 4.79 Å². The standard InChI is InChI=1S/C18H18N4O2S/c1-2-16-20-18(22-21-16)25-12-13-5-7-14(8-6-13)19-17(23)10-9-15-4-3-11-24-15/h3-11H,2,12H2,1H3,(H,19,23)(H,20,21,22)/b10-9+. The van der Waals surface area contributed by atoms with Crippen molar-refractivity contribution in [2.45, 2.75) is 24.3 Å². The van der Waals surface area contributed by atoms with E-state index in [1.54, 1.807) is 36.2 Å². The highest BCUT2D eigenvalue weighted by atomic mass is 32.2. The quantitative estimate of drug-likeness (QED) is 0.496. The molecule has 1 amide bonds. The Balaban J connectivity index is 1.50. The largest absolute Gasteiger partial charge is 0.465 e. The third-order valence-electron chi connectivity index (χ3n) is 3.38. The fourth-order valence-corrected chi connectivity index (χ4v) is 2.83. The minimum absolute atomic E-state index is 0.202. The van der Waals surface area contributed by atoms with Crippen molar-refractivity contribution in [3.63, 3.8) is 0 Å². The molecule has 2 aromatic heterocycles. The number of aryl methyl sites for hydroxylation is 1. The predicted molar refractivity (Wildman–Crippen MR) is 98.1 cm³/mol. The summed E-state index contributed by atoms with van der Waals surface area (Å²) in [7, 11) is 0. The van der Waals surface area contributed by atoms with E-state index in [1.165, 1.54) is 6.08 Å². The summed E-state index contributed by atoms with van der Waals surface area (Å²) in [4.78, 5) is 16.2. The molecular formula is C18H18N4O2S. The number of aromatic amines is 1. The van der Waals surface area contributed by atoms with E-state index in [2.05, 4.69) is 20.5 Å². The lowest BCUT2D eigenvalue weighted by Gasteiger charge is -2.04. The van der Waals surface area contributed by atoms with Crippen LogP contribution in [0.1, 0.15) is 24.1 Å². The molecule has 128 valence electrons. The van der Waals surface area contributed by atoms with Crippen molar-refractivity contribution < 1.29 is 9.21 Å². The second-order valence-electron chi connectivity index (χ2n) is 5.24. The molecule has 0 bridgehead atoms. The maximum atomic E-state index is 11.9. The van der Waals surface area contributed by atoms with Crippen LogP contribution in [-0.2, 0) is 17.0 Å². The molecule has 0 unspecified atom stereocenters. The lowest BCUT2D eigenvalue weighted by Crippen LogP contribution is -2.07. The van der Waals surface area contributed by atoms with Crippen LogP contribution in [0.25, 0.3) is 6.08 Å². The van der Waals surface area contributed by atoms with Gasteiger partial charge >= 0.3 is 0 Å². The number of benzene rings is 1. The first-order valence-corrected chi connectivity index (χ1v) is 8.87. The first-order chi connectivity index (χ1) is 12.2. The molecule has 3 aromatic rings. The van der Waals surface area contributed by atoms with E-state index >= 15 is 0 Å². The first kappa shape index (κ1) is 17.0. The predicted octanol–water partition coefficient (Wildman–Crippen LogP) is 3.90. The molecule has 0 atom stereocenters. The number of furan rings is 1. The summed E-state index contributed by atoms with van der Waals surface area (Å²) < 4.78 is 5.14. The van der Waals surface area contributed by atoms with E-state index < -0.39 is 0 Å². The highest BCUT2D eigenvalue weighted by Gasteiger charge is 2.04. The van der Waals surface area contributed by atoms with Gasteiger partial charge in [-0.3, -0.25) is 9.89 Å². The number of carbonyl (C=O) groups excluding carboxylic acids is 1. The summed E-state index contributed by atoms with van der Waals surface area (Å²) in [6, 6.07) is 11.3. The van der Waals surface area contributed by atoms with Crippen LogP contribution in [0.4, 0.5) is 5.69 Å². The van der Waals surface area contributed by atoms with Crippen LogP contribution in [0.5, 0.6) is 0 Å². The zero-order valence-electron chi connectivity index (χ0n) is 13.7. The topological polar surface area (TPSA) is 83.8 Å². The van der Waals surface area contributed by atoms with E-state index in [-0.39, 0.29) is 5.91 Å². The molecular weight excluding hydrogens is 336 g/mol. The zero-order chi connectivity index (χ0) is 17.5. The Kier molecular flexibility index (Phi) is 5.69. The van der Waals surface area contributed by atoms with E-state index in [1.807, 2.05) is 31.2 Å². The molecule has 0 saturated heterocycles. The van der Waals surface area contributed by atoms with E-state index in [0.717, 1.165) is 34.4 Å². The van der Waals surface area contributed by atoms with Gasteiger partial charge in [-0.2, -0.15) is 0 Å². The molecule has 0 radical (unpaired) electrons. The van der Waals surface area contributed by atoms with Gasteiger partial charge in [0.25, 0.3) is 0 Å². The molecule has 0 aliphatic heterocycles. The van der Waals surface area contributed by atoms with Crippen molar-refractivity contribution in [2.75, 3.05) is 5.32 Å². The number of hydrogen-bond acceptors (Lipinski definition) is 5. The fourth-order valence-electron chi connectivity index (χ4n) is 2.06. The molecule has 0 aliphatic rings. The average molecular weight is 354 g/mol. The van der Waals surface area contributed by atoms with Crippen LogP contribution in [-0.4, -0.2) is 21.1 Å². The van der Waals surface area contributed by atoms with Crippen LogP contribution >= 0.6 is 11.8 Å². The minimum Gasteiger partial charge on any atom is -0.465 e. The fraction of sp³-hybridized carbons (Fsp3) is 0.167. The lowest BCUT2D eigenvalue weighted by molar-refractivity contribution is -0.111. The number of thioether (sulfide) groups is 1. The Morgan fingerprint density at radius 2 is 2.16 bits per heavy atom. The van der Waals surface area contributed by atoms with Crippen molar-refractivity contribution in [2.24, 2.45) is 0 Å². The van der Waals surface area contributed by atoms with E-state index in [4.69, 9.17) is 4.42 Å². The molecule has 0 spiro atoms. The molecule has 0 fully saturated rings. The highest BCUT2D eigenvalue weighted by molar-refractivity contribution is 7.98. The average Bonchev–Trinajstić information content (AvgIpc) is 3.31. The number of nitrogens with one attached hydrogen (secondary N) is 2. The Bertz CT molecular complexity index is 838. The zero-order valence-corrected chi connectivity index (χ0v) is 14.5. The lowest BCUT2D eigenvalue weighted by atomic mass is 10.2. The summed E-state index contributed by atoms with van der Waals surface area (Å²) in [5.74, 6) is 2.10. The third-order valence-corrected chi connectivity index (χ3v) is 4.30. The van der Waals surface area contributed by atoms with Gasteiger partial charge in [-0.25, -0.2) is 4.98 Å². The maximum Gasteiger partial charge on any atom is 0.248 e. The summed E-state index contributed by atoms with van der Waals surface area (Å²) in [6.07, 6.45) is 5.48. The van der Waals surface area contributed by atoms with Gasteiger partial charge in [-0.15, -0.1) is 5.10 Å². The summed E-state index contributed by atoms with van der Waals surface area (Å²) in [5, 5.41) is 10.6. The Morgan fingerprint density at radius 1 is 1.32 bits per heavy atom. The van der Waals surface area contributed by atoms with Crippen molar-refractivity contribution in [3.8, 4) is 0 Å². The molecule has 3 rings (SSSR count). The number of anilines is 1. The van der Waals surface area contributed by atoms with Gasteiger partial charge < -0.3 is 9.73 Å². The molecule has 0 aliphatic carbocycles. The first-order valence-electron chi connectivity index (χ1n) is 7.88. The number of amides is 1. The highest BCUT2D eigenvalue weighted by Crippen LogP contribution is 2.20. The van der Waals surface area contributed by atoms with Gasteiger partial charge in [0.1, 0.15) is 11.6 Å². The molecule has 2 N–H and O–H groups in total. The number of nitrogens with zero attached hydrogens (tertiary/aromatic N) is 2. The molecule has 2 heterocycles. The smallest absolute Gasteiger partial charge is 0.248 e. The van der Waals surface area contributed by atoms with E-state index in [0.29, 0.717) is 5.76 Å². The Hall–Kier alpha value is -2.80. The molecule has 0 saturated carbocycles. The van der Waals surface area contributed by atoms with Crippen LogP contribution in [0, 0.1) is 0 Å². The second-order valence-corrected chi connectivity index (χ2v) is 6.18. The van der Waals surface area contributed by atoms with Crippen molar-refractivity contribution in [3.05, 3.63) is 65.9 Å². The number of carbonyl (C=O) groups is 1. The van der Waals surface area contributed by atoms with Crippen LogP contribution in [0.2, 0.25) is 0 Å². The molecule has 25 heavy (non-hydrogen) atoms.